The first kappa shape index (κ1) is 21.7. The average molecular weight is 443 g/mol. The molecule has 0 N–H and O–H groups in total. The summed E-state index contributed by atoms with van der Waals surface area (Å²) >= 11 is 1.43. The van der Waals surface area contributed by atoms with Crippen LogP contribution in [0.2, 0.25) is 0 Å². The van der Waals surface area contributed by atoms with Crippen LogP contribution >= 0.6 is 11.8 Å². The van der Waals surface area contributed by atoms with Crippen molar-refractivity contribution in [2.45, 2.75) is 62.9 Å². The third kappa shape index (κ3) is 4.89. The maximum Gasteiger partial charge on any atom is 0.233 e. The number of carbonyl (C=O) groups is 1. The molecule has 2 heterocycles. The number of aromatic nitrogens is 3. The molecule has 0 unspecified atom stereocenters. The number of fused-ring (bicyclic) bond motifs is 1. The van der Waals surface area contributed by atoms with Crippen LogP contribution < -0.4 is 9.47 Å². The van der Waals surface area contributed by atoms with Crippen molar-refractivity contribution >= 4 is 17.7 Å². The van der Waals surface area contributed by atoms with E-state index in [1.165, 1.54) is 31.0 Å². The zero-order valence-corrected chi connectivity index (χ0v) is 18.9. The summed E-state index contributed by atoms with van der Waals surface area (Å²) in [5, 5.41) is 9.44. The third-order valence-electron chi connectivity index (χ3n) is 5.85. The molecular formula is C23H30N4O3S. The van der Waals surface area contributed by atoms with Crippen LogP contribution in [0.3, 0.4) is 0 Å². The molecule has 0 radical (unpaired) electrons. The van der Waals surface area contributed by atoms with Crippen molar-refractivity contribution < 1.29 is 14.3 Å². The molecule has 0 bridgehead atoms. The van der Waals surface area contributed by atoms with E-state index < -0.39 is 0 Å². The maximum atomic E-state index is 12.9. The fourth-order valence-electron chi connectivity index (χ4n) is 4.33. The van der Waals surface area contributed by atoms with Gasteiger partial charge in [0.25, 0.3) is 0 Å². The summed E-state index contributed by atoms with van der Waals surface area (Å²) < 4.78 is 13.9. The first-order chi connectivity index (χ1) is 15.2. The molecule has 31 heavy (non-hydrogen) atoms. The Balaban J connectivity index is 1.45. The van der Waals surface area contributed by atoms with Crippen LogP contribution in [0, 0.1) is 0 Å². The summed E-state index contributed by atoms with van der Waals surface area (Å²) in [4.78, 5) is 15.0. The highest BCUT2D eigenvalue weighted by Gasteiger charge is 2.29. The van der Waals surface area contributed by atoms with Gasteiger partial charge in [-0.25, -0.2) is 0 Å². The molecule has 8 heteroatoms. The van der Waals surface area contributed by atoms with Gasteiger partial charge in [0, 0.05) is 19.1 Å². The van der Waals surface area contributed by atoms with E-state index in [1.54, 1.807) is 6.08 Å². The lowest BCUT2D eigenvalue weighted by atomic mass is 9.94. The van der Waals surface area contributed by atoms with Gasteiger partial charge in [0.1, 0.15) is 6.61 Å². The molecule has 0 spiro atoms. The molecular weight excluding hydrogens is 412 g/mol. The average Bonchev–Trinajstić information content (AvgIpc) is 3.21. The smallest absolute Gasteiger partial charge is 0.233 e. The van der Waals surface area contributed by atoms with Gasteiger partial charge in [-0.1, -0.05) is 49.2 Å². The largest absolute Gasteiger partial charge is 0.485 e. The molecule has 2 aromatic rings. The number of carbonyl (C=O) groups excluding carboxylic acids is 1. The highest BCUT2D eigenvalue weighted by molar-refractivity contribution is 7.99. The van der Waals surface area contributed by atoms with Gasteiger partial charge in [0.15, 0.2) is 28.6 Å². The fourth-order valence-corrected chi connectivity index (χ4v) is 5.17. The van der Waals surface area contributed by atoms with Crippen LogP contribution in [-0.2, 0) is 11.3 Å². The molecule has 1 amide bonds. The molecule has 4 rings (SSSR count). The predicted octanol–water partition coefficient (Wildman–Crippen LogP) is 4.25. The molecule has 166 valence electrons. The Morgan fingerprint density at radius 2 is 2.03 bits per heavy atom. The molecule has 7 nitrogen and oxygen atoms in total. The van der Waals surface area contributed by atoms with Crippen LogP contribution in [0.15, 0.2) is 42.1 Å². The molecule has 1 aromatic heterocycles. The number of thioether (sulfide) groups is 1. The van der Waals surface area contributed by atoms with Crippen LogP contribution in [0.4, 0.5) is 0 Å². The van der Waals surface area contributed by atoms with Gasteiger partial charge < -0.3 is 14.4 Å². The highest BCUT2D eigenvalue weighted by atomic mass is 32.2. The van der Waals surface area contributed by atoms with Gasteiger partial charge in [-0.3, -0.25) is 9.36 Å². The van der Waals surface area contributed by atoms with Crippen molar-refractivity contribution in [1.29, 1.82) is 0 Å². The molecule has 1 aliphatic heterocycles. The number of hydrogen-bond acceptors (Lipinski definition) is 6. The number of rotatable bonds is 8. The monoisotopic (exact) mass is 442 g/mol. The lowest BCUT2D eigenvalue weighted by molar-refractivity contribution is -0.131. The summed E-state index contributed by atoms with van der Waals surface area (Å²) in [5.74, 6) is 2.63. The molecule has 1 aromatic carbocycles. The molecule has 0 saturated heterocycles. The molecule has 1 aliphatic carbocycles. The number of hydrogen-bond donors (Lipinski definition) is 0. The van der Waals surface area contributed by atoms with Gasteiger partial charge in [-0.05, 0) is 31.9 Å². The first-order valence-electron chi connectivity index (χ1n) is 11.1. The number of nitrogens with zero attached hydrogens (tertiary/aromatic N) is 4. The number of benzene rings is 1. The minimum atomic E-state index is -0.359. The number of para-hydroxylation sites is 2. The fraction of sp³-hybridized carbons (Fsp3) is 0.522. The Morgan fingerprint density at radius 1 is 1.26 bits per heavy atom. The Bertz CT molecular complexity index is 910. The van der Waals surface area contributed by atoms with E-state index in [9.17, 15) is 4.79 Å². The van der Waals surface area contributed by atoms with E-state index >= 15 is 0 Å². The first-order valence-corrected chi connectivity index (χ1v) is 12.0. The van der Waals surface area contributed by atoms with E-state index in [0.29, 0.717) is 41.7 Å². The number of ether oxygens (including phenoxy) is 2. The normalized spacial score (nSPS) is 18.5. The third-order valence-corrected chi connectivity index (χ3v) is 6.81. The number of allylic oxidation sites excluding steroid dienone is 1. The van der Waals surface area contributed by atoms with Gasteiger partial charge in [-0.2, -0.15) is 0 Å². The van der Waals surface area contributed by atoms with E-state index in [2.05, 4.69) is 23.7 Å². The standard InChI is InChI=1S/C23H30N4O3S/c1-3-14-27-22(20-15-29-18-12-8-9-13-19(18)30-20)24-25-23(27)31-16-21(28)26(4-2)17-10-6-5-7-11-17/h3,8-9,12-13,17,20H,1,4-7,10-11,14-16H2,2H3/t20-/m0/s1. The number of amides is 1. The van der Waals surface area contributed by atoms with Crippen molar-refractivity contribution in [2.75, 3.05) is 18.9 Å². The molecule has 1 saturated carbocycles. The van der Waals surface area contributed by atoms with Gasteiger partial charge in [0.05, 0.1) is 5.75 Å². The summed E-state index contributed by atoms with van der Waals surface area (Å²) in [6.45, 7) is 7.58. The van der Waals surface area contributed by atoms with Crippen molar-refractivity contribution in [1.82, 2.24) is 19.7 Å². The SMILES string of the molecule is C=CCn1c(SCC(=O)N(CC)C2CCCCC2)nnc1[C@@H]1COc2ccccc2O1. The second-order valence-corrected chi connectivity index (χ2v) is 8.81. The summed E-state index contributed by atoms with van der Waals surface area (Å²) in [5.41, 5.74) is 0. The molecule has 1 atom stereocenters. The Morgan fingerprint density at radius 3 is 2.77 bits per heavy atom. The van der Waals surface area contributed by atoms with Gasteiger partial charge in [-0.15, -0.1) is 16.8 Å². The zero-order chi connectivity index (χ0) is 21.6. The maximum absolute atomic E-state index is 12.9. The summed E-state index contributed by atoms with van der Waals surface area (Å²) in [6.07, 6.45) is 7.37. The minimum absolute atomic E-state index is 0.167. The lowest BCUT2D eigenvalue weighted by Gasteiger charge is -2.33. The van der Waals surface area contributed by atoms with Crippen LogP contribution in [0.1, 0.15) is 51.0 Å². The van der Waals surface area contributed by atoms with Crippen LogP contribution in [0.5, 0.6) is 11.5 Å². The second-order valence-electron chi connectivity index (χ2n) is 7.86. The van der Waals surface area contributed by atoms with Crippen molar-refractivity contribution in [3.63, 3.8) is 0 Å². The van der Waals surface area contributed by atoms with Gasteiger partial charge in [0.2, 0.25) is 5.91 Å². The van der Waals surface area contributed by atoms with E-state index in [4.69, 9.17) is 9.47 Å². The molecule has 1 fully saturated rings. The summed E-state index contributed by atoms with van der Waals surface area (Å²) in [7, 11) is 0. The Hall–Kier alpha value is -2.48. The Kier molecular flexibility index (Phi) is 7.17. The zero-order valence-electron chi connectivity index (χ0n) is 18.0. The van der Waals surface area contributed by atoms with E-state index in [1.807, 2.05) is 33.7 Å². The molecule has 2 aliphatic rings. The van der Waals surface area contributed by atoms with E-state index in [0.717, 1.165) is 25.1 Å². The lowest BCUT2D eigenvalue weighted by Crippen LogP contribution is -2.42. The quantitative estimate of drug-likeness (QED) is 0.450. The highest BCUT2D eigenvalue weighted by Crippen LogP contribution is 2.36. The van der Waals surface area contributed by atoms with Gasteiger partial charge >= 0.3 is 0 Å². The van der Waals surface area contributed by atoms with Crippen LogP contribution in [0.25, 0.3) is 0 Å². The summed E-state index contributed by atoms with van der Waals surface area (Å²) in [6, 6.07) is 7.98. The topological polar surface area (TPSA) is 69.5 Å². The van der Waals surface area contributed by atoms with E-state index in [-0.39, 0.29) is 12.0 Å². The predicted molar refractivity (Wildman–Crippen MR) is 121 cm³/mol. The van der Waals surface area contributed by atoms with Crippen molar-refractivity contribution in [3.05, 3.63) is 42.7 Å². The second kappa shape index (κ2) is 10.2. The van der Waals surface area contributed by atoms with Crippen molar-refractivity contribution in [2.24, 2.45) is 0 Å². The van der Waals surface area contributed by atoms with Crippen molar-refractivity contribution in [3.8, 4) is 11.5 Å². The van der Waals surface area contributed by atoms with Crippen LogP contribution in [-0.4, -0.2) is 50.5 Å². The minimum Gasteiger partial charge on any atom is -0.485 e. The Labute approximate surface area is 187 Å².